The van der Waals surface area contributed by atoms with Crippen molar-refractivity contribution in [1.29, 1.82) is 0 Å². The van der Waals surface area contributed by atoms with Crippen molar-refractivity contribution < 1.29 is 13.9 Å². The molecule has 0 bridgehead atoms. The predicted octanol–water partition coefficient (Wildman–Crippen LogP) is 1.26. The topological polar surface area (TPSA) is 45.7 Å². The molecule has 0 radical (unpaired) electrons. The van der Waals surface area contributed by atoms with E-state index in [2.05, 4.69) is 23.9 Å². The van der Waals surface area contributed by atoms with Crippen molar-refractivity contribution in [3.8, 4) is 0 Å². The normalized spacial score (nSPS) is 29.8. The monoisotopic (exact) mass is 307 g/mol. The zero-order chi connectivity index (χ0) is 15.7. The maximum absolute atomic E-state index is 13.9. The van der Waals surface area contributed by atoms with E-state index < -0.39 is 5.82 Å². The van der Waals surface area contributed by atoms with Crippen LogP contribution in [0.2, 0.25) is 0 Å². The molecular weight excluding hydrogens is 285 g/mol. The van der Waals surface area contributed by atoms with Crippen molar-refractivity contribution >= 4 is 5.91 Å². The Labute approximate surface area is 130 Å². The van der Waals surface area contributed by atoms with Crippen LogP contribution in [0.3, 0.4) is 0 Å². The van der Waals surface area contributed by atoms with E-state index in [1.165, 1.54) is 12.3 Å². The number of nitrogens with zero attached hydrogens (tertiary/aromatic N) is 3. The molecule has 5 nitrogen and oxygen atoms in total. The lowest BCUT2D eigenvalue weighted by atomic mass is 9.79. The fraction of sp³-hybridized carbons (Fsp3) is 0.625. The van der Waals surface area contributed by atoms with Gasteiger partial charge in [0.2, 0.25) is 0 Å². The Morgan fingerprint density at radius 3 is 3.00 bits per heavy atom. The van der Waals surface area contributed by atoms with Crippen LogP contribution in [-0.4, -0.2) is 67.1 Å². The van der Waals surface area contributed by atoms with Crippen LogP contribution in [0.4, 0.5) is 4.39 Å². The summed E-state index contributed by atoms with van der Waals surface area (Å²) in [6.07, 6.45) is 2.54. The standard InChI is InChI=1S/C16H22FN3O2/c1-12-8-19(2)9-16(12)10-20(5-6-22-11-16)15(21)13-3-4-18-7-14(13)17/h3-4,7,12H,5-6,8-11H2,1-2H3/t12-,16+/m1/s1. The number of hydrogen-bond acceptors (Lipinski definition) is 4. The van der Waals surface area contributed by atoms with Crippen LogP contribution in [-0.2, 0) is 4.74 Å². The van der Waals surface area contributed by atoms with E-state index in [4.69, 9.17) is 4.74 Å². The predicted molar refractivity (Wildman–Crippen MR) is 80.0 cm³/mol. The summed E-state index contributed by atoms with van der Waals surface area (Å²) in [5.41, 5.74) is 0.0239. The van der Waals surface area contributed by atoms with Gasteiger partial charge in [0.05, 0.1) is 25.0 Å². The van der Waals surface area contributed by atoms with Gasteiger partial charge in [-0.05, 0) is 19.0 Å². The highest BCUT2D eigenvalue weighted by atomic mass is 19.1. The molecule has 6 heteroatoms. The summed E-state index contributed by atoms with van der Waals surface area (Å²) in [5.74, 6) is -0.400. The quantitative estimate of drug-likeness (QED) is 0.784. The number of aromatic nitrogens is 1. The SMILES string of the molecule is C[C@@H]1CN(C)C[C@]12COCCN(C(=O)c1ccncc1F)C2. The molecule has 1 aromatic heterocycles. The summed E-state index contributed by atoms with van der Waals surface area (Å²) in [4.78, 5) is 20.4. The minimum Gasteiger partial charge on any atom is -0.379 e. The minimum absolute atomic E-state index is 0.0651. The van der Waals surface area contributed by atoms with E-state index in [0.717, 1.165) is 19.3 Å². The molecule has 120 valence electrons. The first-order valence-corrected chi connectivity index (χ1v) is 7.67. The van der Waals surface area contributed by atoms with Gasteiger partial charge in [-0.1, -0.05) is 6.92 Å². The van der Waals surface area contributed by atoms with E-state index in [-0.39, 0.29) is 16.9 Å². The van der Waals surface area contributed by atoms with E-state index >= 15 is 0 Å². The van der Waals surface area contributed by atoms with E-state index in [1.54, 1.807) is 4.90 Å². The van der Waals surface area contributed by atoms with Crippen LogP contribution in [0.5, 0.6) is 0 Å². The lowest BCUT2D eigenvalue weighted by Gasteiger charge is -2.35. The third-order valence-electron chi connectivity index (χ3n) is 4.91. The van der Waals surface area contributed by atoms with E-state index in [1.807, 2.05) is 0 Å². The summed E-state index contributed by atoms with van der Waals surface area (Å²) in [7, 11) is 2.09. The average molecular weight is 307 g/mol. The van der Waals surface area contributed by atoms with E-state index in [0.29, 0.717) is 32.2 Å². The van der Waals surface area contributed by atoms with Crippen molar-refractivity contribution in [3.63, 3.8) is 0 Å². The number of likely N-dealkylation sites (tertiary alicyclic amines) is 1. The molecule has 2 atom stereocenters. The molecule has 1 spiro atoms. The Kier molecular flexibility index (Phi) is 4.14. The summed E-state index contributed by atoms with van der Waals surface area (Å²) in [5, 5.41) is 0. The third-order valence-corrected chi connectivity index (χ3v) is 4.91. The fourth-order valence-corrected chi connectivity index (χ4v) is 3.66. The average Bonchev–Trinajstić information content (AvgIpc) is 2.65. The number of ether oxygens (including phenoxy) is 1. The van der Waals surface area contributed by atoms with Crippen LogP contribution in [0, 0.1) is 17.2 Å². The maximum atomic E-state index is 13.9. The number of rotatable bonds is 1. The second-order valence-electron chi connectivity index (χ2n) is 6.59. The highest BCUT2D eigenvalue weighted by Gasteiger charge is 2.46. The number of halogens is 1. The fourth-order valence-electron chi connectivity index (χ4n) is 3.66. The third kappa shape index (κ3) is 2.73. The summed E-state index contributed by atoms with van der Waals surface area (Å²) in [6.45, 7) is 6.36. The molecule has 2 saturated heterocycles. The lowest BCUT2D eigenvalue weighted by Crippen LogP contribution is -2.45. The second-order valence-corrected chi connectivity index (χ2v) is 6.59. The Balaban J connectivity index is 1.84. The number of amides is 1. The number of carbonyl (C=O) groups excluding carboxylic acids is 1. The van der Waals surface area contributed by atoms with E-state index in [9.17, 15) is 9.18 Å². The van der Waals surface area contributed by atoms with Crippen LogP contribution in [0.15, 0.2) is 18.5 Å². The minimum atomic E-state index is -0.566. The molecular formula is C16H22FN3O2. The molecule has 0 aromatic carbocycles. The molecule has 0 unspecified atom stereocenters. The van der Waals surface area contributed by atoms with Gasteiger partial charge in [-0.3, -0.25) is 9.78 Å². The summed E-state index contributed by atoms with van der Waals surface area (Å²) >= 11 is 0. The van der Waals surface area contributed by atoms with Crippen LogP contribution >= 0.6 is 0 Å². The van der Waals surface area contributed by atoms with Crippen molar-refractivity contribution in [1.82, 2.24) is 14.8 Å². The first-order chi connectivity index (χ1) is 10.5. The van der Waals surface area contributed by atoms with Gasteiger partial charge in [0.25, 0.3) is 5.91 Å². The number of carbonyl (C=O) groups is 1. The molecule has 2 aliphatic heterocycles. The maximum Gasteiger partial charge on any atom is 0.257 e. The molecule has 2 aliphatic rings. The number of pyridine rings is 1. The first kappa shape index (κ1) is 15.4. The molecule has 3 rings (SSSR count). The molecule has 1 aromatic rings. The smallest absolute Gasteiger partial charge is 0.257 e. The highest BCUT2D eigenvalue weighted by Crippen LogP contribution is 2.37. The van der Waals surface area contributed by atoms with Gasteiger partial charge in [-0.2, -0.15) is 0 Å². The molecule has 3 heterocycles. The van der Waals surface area contributed by atoms with Gasteiger partial charge in [-0.15, -0.1) is 0 Å². The van der Waals surface area contributed by atoms with Crippen LogP contribution in [0.1, 0.15) is 17.3 Å². The Morgan fingerprint density at radius 1 is 1.50 bits per heavy atom. The summed E-state index contributed by atoms with van der Waals surface area (Å²) < 4.78 is 19.6. The van der Waals surface area contributed by atoms with Gasteiger partial charge in [0.15, 0.2) is 5.82 Å². The summed E-state index contributed by atoms with van der Waals surface area (Å²) in [6, 6.07) is 1.44. The molecule has 22 heavy (non-hydrogen) atoms. The Morgan fingerprint density at radius 2 is 2.32 bits per heavy atom. The van der Waals surface area contributed by atoms with Crippen molar-refractivity contribution in [2.75, 3.05) is 46.4 Å². The molecule has 0 saturated carbocycles. The Bertz CT molecular complexity index is 568. The first-order valence-electron chi connectivity index (χ1n) is 7.67. The van der Waals surface area contributed by atoms with Gasteiger partial charge in [0, 0.05) is 37.8 Å². The molecule has 2 fully saturated rings. The van der Waals surface area contributed by atoms with Crippen molar-refractivity contribution in [3.05, 3.63) is 29.8 Å². The van der Waals surface area contributed by atoms with Crippen molar-refractivity contribution in [2.24, 2.45) is 11.3 Å². The van der Waals surface area contributed by atoms with Crippen LogP contribution in [0.25, 0.3) is 0 Å². The van der Waals surface area contributed by atoms with Crippen LogP contribution < -0.4 is 0 Å². The zero-order valence-corrected chi connectivity index (χ0v) is 13.1. The highest BCUT2D eigenvalue weighted by molar-refractivity contribution is 5.94. The lowest BCUT2D eigenvalue weighted by molar-refractivity contribution is 0.0489. The van der Waals surface area contributed by atoms with Gasteiger partial charge >= 0.3 is 0 Å². The van der Waals surface area contributed by atoms with Gasteiger partial charge in [0.1, 0.15) is 0 Å². The molecule has 1 amide bonds. The van der Waals surface area contributed by atoms with Gasteiger partial charge in [-0.25, -0.2) is 4.39 Å². The largest absolute Gasteiger partial charge is 0.379 e. The number of hydrogen-bond donors (Lipinski definition) is 0. The molecule has 0 aliphatic carbocycles. The zero-order valence-electron chi connectivity index (χ0n) is 13.1. The van der Waals surface area contributed by atoms with Crippen molar-refractivity contribution in [2.45, 2.75) is 6.92 Å². The van der Waals surface area contributed by atoms with Gasteiger partial charge < -0.3 is 14.5 Å². The Hall–Kier alpha value is -1.53. The molecule has 0 N–H and O–H groups in total. The second kappa shape index (κ2) is 5.93.